The molecule has 0 amide bonds. The third-order valence-electron chi connectivity index (χ3n) is 6.18. The van der Waals surface area contributed by atoms with Crippen LogP contribution < -0.4 is 0 Å². The van der Waals surface area contributed by atoms with E-state index in [0.29, 0.717) is 18.0 Å². The van der Waals surface area contributed by atoms with E-state index in [-0.39, 0.29) is 16.3 Å². The Balaban J connectivity index is 1.64. The molecule has 2 aromatic heterocycles. The van der Waals surface area contributed by atoms with Crippen LogP contribution in [0.4, 0.5) is 0 Å². The zero-order valence-corrected chi connectivity index (χ0v) is 20.0. The molecule has 170 valence electrons. The maximum absolute atomic E-state index is 13.4. The second kappa shape index (κ2) is 8.68. The molecule has 5 rings (SSSR count). The predicted molar refractivity (Wildman–Crippen MR) is 128 cm³/mol. The van der Waals surface area contributed by atoms with Crippen LogP contribution in [-0.2, 0) is 22.9 Å². The molecule has 1 aliphatic heterocycles. The van der Waals surface area contributed by atoms with E-state index >= 15 is 0 Å². The van der Waals surface area contributed by atoms with Gasteiger partial charge in [0.15, 0.2) is 0 Å². The lowest BCUT2D eigenvalue weighted by atomic mass is 9.90. The summed E-state index contributed by atoms with van der Waals surface area (Å²) >= 11 is 7.21. The lowest BCUT2D eigenvalue weighted by molar-refractivity contribution is 0.0698. The van der Waals surface area contributed by atoms with Crippen molar-refractivity contribution in [2.24, 2.45) is 0 Å². The molecule has 3 aromatic rings. The number of carboxylic acids is 1. The van der Waals surface area contributed by atoms with E-state index in [1.54, 1.807) is 6.20 Å². The molecule has 0 radical (unpaired) electrons. The summed E-state index contributed by atoms with van der Waals surface area (Å²) in [6, 6.07) is 11.2. The van der Waals surface area contributed by atoms with Gasteiger partial charge in [-0.3, -0.25) is 4.98 Å². The van der Waals surface area contributed by atoms with Gasteiger partial charge in [0.25, 0.3) is 0 Å². The van der Waals surface area contributed by atoms with Crippen molar-refractivity contribution in [3.8, 4) is 0 Å². The lowest BCUT2D eigenvalue weighted by Gasteiger charge is -2.30. The van der Waals surface area contributed by atoms with Gasteiger partial charge >= 0.3 is 5.97 Å². The van der Waals surface area contributed by atoms with E-state index in [0.717, 1.165) is 64.1 Å². The Bertz CT molecular complexity index is 1390. The molecule has 0 unspecified atom stereocenters. The van der Waals surface area contributed by atoms with Crippen LogP contribution in [0.25, 0.3) is 5.57 Å². The fourth-order valence-corrected chi connectivity index (χ4v) is 7.58. The molecule has 2 aliphatic rings. The van der Waals surface area contributed by atoms with Gasteiger partial charge < -0.3 is 5.11 Å². The quantitative estimate of drug-likeness (QED) is 0.553. The second-order valence-electron chi connectivity index (χ2n) is 8.15. The fourth-order valence-electron chi connectivity index (χ4n) is 4.68. The number of halogens is 1. The van der Waals surface area contributed by atoms with Crippen molar-refractivity contribution in [1.82, 2.24) is 9.29 Å². The number of carboxylic acid groups (broad SMARTS) is 1. The Morgan fingerprint density at radius 2 is 1.94 bits per heavy atom. The summed E-state index contributed by atoms with van der Waals surface area (Å²) in [5, 5.41) is 11.6. The number of hydrogen-bond acceptors (Lipinski definition) is 5. The molecule has 0 atom stereocenters. The maximum atomic E-state index is 13.4. The highest BCUT2D eigenvalue weighted by Gasteiger charge is 2.34. The van der Waals surface area contributed by atoms with Crippen LogP contribution in [0.2, 0.25) is 5.02 Å². The number of aromatic nitrogens is 1. The molecular formula is C24H21ClN2O4S2. The number of rotatable bonds is 3. The number of thiophene rings is 1. The summed E-state index contributed by atoms with van der Waals surface area (Å²) in [5.74, 6) is -1.23. The van der Waals surface area contributed by atoms with Gasteiger partial charge in [-0.05, 0) is 77.6 Å². The summed E-state index contributed by atoms with van der Waals surface area (Å²) in [4.78, 5) is 16.0. The van der Waals surface area contributed by atoms with Crippen LogP contribution in [0.5, 0.6) is 0 Å². The molecule has 1 aliphatic carbocycles. The Kier molecular flexibility index (Phi) is 5.86. The van der Waals surface area contributed by atoms with Gasteiger partial charge in [0.1, 0.15) is 9.77 Å². The molecular weight excluding hydrogens is 480 g/mol. The minimum atomic E-state index is -3.95. The number of piperidine rings is 1. The highest BCUT2D eigenvalue weighted by molar-refractivity contribution is 7.89. The van der Waals surface area contributed by atoms with Crippen LogP contribution in [0.15, 0.2) is 58.4 Å². The first kappa shape index (κ1) is 22.3. The van der Waals surface area contributed by atoms with Gasteiger partial charge in [-0.25, -0.2) is 13.2 Å². The van der Waals surface area contributed by atoms with Crippen molar-refractivity contribution >= 4 is 44.5 Å². The molecule has 1 saturated heterocycles. The number of sulfonamides is 1. The molecule has 0 saturated carbocycles. The van der Waals surface area contributed by atoms with Gasteiger partial charge in [-0.2, -0.15) is 4.31 Å². The van der Waals surface area contributed by atoms with Gasteiger partial charge in [-0.15, -0.1) is 11.3 Å². The molecule has 1 aromatic carbocycles. The first-order chi connectivity index (χ1) is 15.9. The van der Waals surface area contributed by atoms with E-state index in [1.807, 2.05) is 24.3 Å². The van der Waals surface area contributed by atoms with Crippen molar-refractivity contribution in [3.05, 3.63) is 85.8 Å². The number of aromatic carboxylic acids is 1. The van der Waals surface area contributed by atoms with Crippen LogP contribution in [-0.4, -0.2) is 41.9 Å². The summed E-state index contributed by atoms with van der Waals surface area (Å²) in [5.41, 5.74) is 6.12. The highest BCUT2D eigenvalue weighted by atomic mass is 35.5. The topological polar surface area (TPSA) is 87.6 Å². The van der Waals surface area contributed by atoms with Crippen LogP contribution in [0.1, 0.15) is 44.9 Å². The average Bonchev–Trinajstić information content (AvgIpc) is 3.26. The van der Waals surface area contributed by atoms with Gasteiger partial charge in [0.2, 0.25) is 10.0 Å². The van der Waals surface area contributed by atoms with Crippen molar-refractivity contribution in [2.45, 2.75) is 30.6 Å². The zero-order chi connectivity index (χ0) is 23.2. The first-order valence-electron chi connectivity index (χ1n) is 10.6. The van der Waals surface area contributed by atoms with Crippen molar-refractivity contribution < 1.29 is 18.3 Å². The van der Waals surface area contributed by atoms with E-state index in [1.165, 1.54) is 15.8 Å². The largest absolute Gasteiger partial charge is 0.477 e. The van der Waals surface area contributed by atoms with Gasteiger partial charge in [0, 0.05) is 29.9 Å². The Morgan fingerprint density at radius 1 is 1.12 bits per heavy atom. The van der Waals surface area contributed by atoms with Crippen LogP contribution >= 0.6 is 22.9 Å². The first-order valence-corrected chi connectivity index (χ1v) is 13.3. The normalized spacial score (nSPS) is 18.9. The fraction of sp³-hybridized carbons (Fsp3) is 0.250. The molecule has 0 spiro atoms. The van der Waals surface area contributed by atoms with E-state index in [2.05, 4.69) is 6.07 Å². The lowest BCUT2D eigenvalue weighted by Crippen LogP contribution is -2.37. The predicted octanol–water partition coefficient (Wildman–Crippen LogP) is 4.88. The number of pyridine rings is 1. The molecule has 1 fully saturated rings. The molecule has 6 nitrogen and oxygen atoms in total. The Hall–Kier alpha value is -2.52. The molecule has 1 N–H and O–H groups in total. The third-order valence-corrected chi connectivity index (χ3v) is 9.33. The molecule has 0 bridgehead atoms. The minimum Gasteiger partial charge on any atom is -0.477 e. The number of benzene rings is 1. The van der Waals surface area contributed by atoms with Crippen LogP contribution in [0, 0.1) is 0 Å². The molecule has 33 heavy (non-hydrogen) atoms. The van der Waals surface area contributed by atoms with Crippen molar-refractivity contribution in [1.29, 1.82) is 0 Å². The van der Waals surface area contributed by atoms with Crippen molar-refractivity contribution in [2.75, 3.05) is 13.1 Å². The second-order valence-corrected chi connectivity index (χ2v) is 11.4. The van der Waals surface area contributed by atoms with E-state index in [9.17, 15) is 18.3 Å². The number of nitrogens with zero attached hydrogens (tertiary/aromatic N) is 2. The minimum absolute atomic E-state index is 0.141. The van der Waals surface area contributed by atoms with Crippen molar-refractivity contribution in [3.63, 3.8) is 0 Å². The van der Waals surface area contributed by atoms with E-state index < -0.39 is 16.0 Å². The summed E-state index contributed by atoms with van der Waals surface area (Å²) < 4.78 is 28.2. The Morgan fingerprint density at radius 3 is 2.76 bits per heavy atom. The number of aryl methyl sites for hydroxylation is 2. The average molecular weight is 501 g/mol. The zero-order valence-electron chi connectivity index (χ0n) is 17.6. The SMILES string of the molecule is O=C(O)c1sccc1S(=O)(=O)N1CCC/C(=C2\c3ccc(Cl)cc3CCc3cccnc32)C1. The Labute approximate surface area is 201 Å². The number of carbonyl (C=O) groups is 1. The number of fused-ring (bicyclic) bond motifs is 2. The number of hydrogen-bond donors (Lipinski definition) is 1. The maximum Gasteiger partial charge on any atom is 0.347 e. The summed E-state index contributed by atoms with van der Waals surface area (Å²) in [6.45, 7) is 0.543. The summed E-state index contributed by atoms with van der Waals surface area (Å²) in [7, 11) is -3.95. The van der Waals surface area contributed by atoms with Crippen LogP contribution in [0.3, 0.4) is 0 Å². The molecule has 9 heteroatoms. The smallest absolute Gasteiger partial charge is 0.347 e. The van der Waals surface area contributed by atoms with E-state index in [4.69, 9.17) is 16.6 Å². The monoisotopic (exact) mass is 500 g/mol. The third kappa shape index (κ3) is 4.01. The standard InChI is InChI=1S/C24H21ClN2O4S2/c25-18-7-8-19-16(13-18)6-5-15-3-1-10-26-22(15)21(19)17-4-2-11-27(14-17)33(30,31)20-9-12-32-23(20)24(28)29/h1,3,7-10,12-13H,2,4-6,11,14H2,(H,28,29)/b21-17-. The van der Waals surface area contributed by atoms with Gasteiger partial charge in [0.05, 0.1) is 5.69 Å². The van der Waals surface area contributed by atoms with Gasteiger partial charge in [-0.1, -0.05) is 23.7 Å². The highest BCUT2D eigenvalue weighted by Crippen LogP contribution is 2.39. The molecule has 3 heterocycles. The summed E-state index contributed by atoms with van der Waals surface area (Å²) in [6.07, 6.45) is 4.81.